The second kappa shape index (κ2) is 12.8. The number of ether oxygens (including phenoxy) is 2. The van der Waals surface area contributed by atoms with Gasteiger partial charge in [0.05, 0.1) is 36.6 Å². The van der Waals surface area contributed by atoms with E-state index in [9.17, 15) is 39.1 Å². The molecule has 5 unspecified atom stereocenters. The van der Waals surface area contributed by atoms with Crippen LogP contribution >= 0.6 is 0 Å². The van der Waals surface area contributed by atoms with Gasteiger partial charge in [0.2, 0.25) is 0 Å². The molecule has 13 heteroatoms. The van der Waals surface area contributed by atoms with Crippen molar-refractivity contribution in [2.75, 3.05) is 6.61 Å². The normalized spacial score (nSPS) is 49.8. The van der Waals surface area contributed by atoms with Crippen molar-refractivity contribution in [1.82, 2.24) is 0 Å². The van der Waals surface area contributed by atoms with Crippen molar-refractivity contribution in [2.45, 2.75) is 147 Å². The highest BCUT2D eigenvalue weighted by atomic mass is 32.3. The summed E-state index contributed by atoms with van der Waals surface area (Å²) in [6.45, 7) is 9.82. The van der Waals surface area contributed by atoms with Crippen LogP contribution in [0.25, 0.3) is 0 Å². The van der Waals surface area contributed by atoms with Crippen molar-refractivity contribution in [2.24, 2.45) is 46.3 Å². The lowest BCUT2D eigenvalue weighted by Gasteiger charge is -2.66. The van der Waals surface area contributed by atoms with E-state index in [1.807, 2.05) is 13.8 Å². The van der Waals surface area contributed by atoms with E-state index < -0.39 is 65.5 Å². The molecule has 1 aliphatic heterocycles. The van der Waals surface area contributed by atoms with Gasteiger partial charge in [-0.25, -0.2) is 4.18 Å². The van der Waals surface area contributed by atoms with Gasteiger partial charge in [0, 0.05) is 12.3 Å². The Labute approximate surface area is 267 Å². The van der Waals surface area contributed by atoms with E-state index in [4.69, 9.17) is 14.0 Å². The topological polar surface area (TPSA) is 203 Å². The summed E-state index contributed by atoms with van der Waals surface area (Å²) in [7, 11) is -4.74. The maximum atomic E-state index is 12.5. The molecule has 0 bridgehead atoms. The summed E-state index contributed by atoms with van der Waals surface area (Å²) < 4.78 is 46.8. The molecule has 16 atom stereocenters. The summed E-state index contributed by atoms with van der Waals surface area (Å²) >= 11 is 0. The third kappa shape index (κ3) is 6.50. The Morgan fingerprint density at radius 3 is 2.22 bits per heavy atom. The second-order valence-corrected chi connectivity index (χ2v) is 17.1. The zero-order valence-corrected chi connectivity index (χ0v) is 28.1. The minimum Gasteiger partial charge on any atom is -0.393 e. The SMILES string of the molecule is CC(C)C(CC[C@@H](C)[C@H]1CC(O)[C@@H]2[C@]1(C)CC[C@H]1[C@@]2(O)CC(O)C2CC(O)CC[C@@]21C)O[C@@H]1O[C@@H](COS(=O)(=O)O)[C@H](O)[C@H]1O. The van der Waals surface area contributed by atoms with Gasteiger partial charge >= 0.3 is 10.4 Å². The zero-order chi connectivity index (χ0) is 33.3. The van der Waals surface area contributed by atoms with Crippen molar-refractivity contribution in [3.63, 3.8) is 0 Å². The maximum Gasteiger partial charge on any atom is 0.397 e. The fourth-order valence-electron chi connectivity index (χ4n) is 10.9. The van der Waals surface area contributed by atoms with E-state index in [2.05, 4.69) is 25.0 Å². The Kier molecular flexibility index (Phi) is 10.2. The van der Waals surface area contributed by atoms with Crippen LogP contribution in [0.5, 0.6) is 0 Å². The molecule has 4 aliphatic carbocycles. The number of rotatable bonds is 10. The number of hydrogen-bond donors (Lipinski definition) is 7. The zero-order valence-electron chi connectivity index (χ0n) is 27.2. The molecule has 0 aromatic heterocycles. The molecule has 4 saturated carbocycles. The maximum absolute atomic E-state index is 12.5. The van der Waals surface area contributed by atoms with Crippen molar-refractivity contribution in [3.8, 4) is 0 Å². The summed E-state index contributed by atoms with van der Waals surface area (Å²) in [6.07, 6.45) is -1.73. The Bertz CT molecular complexity index is 1150. The lowest BCUT2D eigenvalue weighted by Crippen LogP contribution is -2.68. The molecule has 0 aromatic rings. The first-order chi connectivity index (χ1) is 20.8. The molecule has 5 rings (SSSR count). The molecule has 0 amide bonds. The minimum absolute atomic E-state index is 0.0262. The molecular weight excluding hydrogens is 608 g/mol. The monoisotopic (exact) mass is 664 g/mol. The lowest BCUT2D eigenvalue weighted by atomic mass is 9.42. The fourth-order valence-corrected chi connectivity index (χ4v) is 11.2. The Morgan fingerprint density at radius 1 is 0.911 bits per heavy atom. The van der Waals surface area contributed by atoms with Crippen LogP contribution in [-0.4, -0.2) is 105 Å². The Morgan fingerprint density at radius 2 is 1.58 bits per heavy atom. The second-order valence-electron chi connectivity index (χ2n) is 16.0. The van der Waals surface area contributed by atoms with Crippen LogP contribution in [0, 0.1) is 46.3 Å². The van der Waals surface area contributed by atoms with Gasteiger partial charge in [0.15, 0.2) is 6.29 Å². The quantitative estimate of drug-likeness (QED) is 0.167. The first-order valence-electron chi connectivity index (χ1n) is 16.9. The molecule has 5 fully saturated rings. The molecule has 262 valence electrons. The Balaban J connectivity index is 1.25. The van der Waals surface area contributed by atoms with Gasteiger partial charge in [-0.15, -0.1) is 0 Å². The van der Waals surface area contributed by atoms with Gasteiger partial charge in [0.25, 0.3) is 0 Å². The van der Waals surface area contributed by atoms with E-state index in [0.29, 0.717) is 25.7 Å². The number of aliphatic hydroxyl groups is 6. The fraction of sp³-hybridized carbons (Fsp3) is 1.00. The van der Waals surface area contributed by atoms with Crippen molar-refractivity contribution in [1.29, 1.82) is 0 Å². The van der Waals surface area contributed by atoms with E-state index in [-0.39, 0.29) is 58.9 Å². The highest BCUT2D eigenvalue weighted by molar-refractivity contribution is 7.80. The van der Waals surface area contributed by atoms with E-state index >= 15 is 0 Å². The first kappa shape index (κ1) is 35.8. The van der Waals surface area contributed by atoms with Gasteiger partial charge in [-0.2, -0.15) is 8.42 Å². The molecule has 1 saturated heterocycles. The average Bonchev–Trinajstić information content (AvgIpc) is 3.37. The van der Waals surface area contributed by atoms with Crippen LogP contribution in [0.1, 0.15) is 92.4 Å². The summed E-state index contributed by atoms with van der Waals surface area (Å²) in [4.78, 5) is 0. The highest BCUT2D eigenvalue weighted by Gasteiger charge is 2.70. The van der Waals surface area contributed by atoms with Crippen molar-refractivity contribution >= 4 is 10.4 Å². The van der Waals surface area contributed by atoms with Crippen LogP contribution in [-0.2, 0) is 24.1 Å². The standard InChI is InChI=1S/C32H56O12S/c1-16(2)23(43-29-27(37)26(36)24(44-29)15-42-45(39,40)41)7-6-17(3)19-13-21(34)28-31(19,5)11-9-25-30(4)10-8-18(33)12-20(30)22(35)14-32(25,28)38/h16-29,33-38H,6-15H2,1-5H3,(H,39,40,41)/t17-,18?,19-,20?,21?,22?,23?,24+,25-,26+,27-,28-,29-,30+,31-,32+/m1/s1. The molecule has 0 aromatic carbocycles. The van der Waals surface area contributed by atoms with Gasteiger partial charge in [-0.05, 0) is 91.8 Å². The number of hydrogen-bond acceptors (Lipinski definition) is 11. The lowest BCUT2D eigenvalue weighted by molar-refractivity contribution is -0.263. The average molecular weight is 665 g/mol. The molecule has 0 spiro atoms. The smallest absolute Gasteiger partial charge is 0.393 e. The number of fused-ring (bicyclic) bond motifs is 5. The van der Waals surface area contributed by atoms with Gasteiger partial charge in [0.1, 0.15) is 18.3 Å². The summed E-state index contributed by atoms with van der Waals surface area (Å²) in [6, 6.07) is 0. The van der Waals surface area contributed by atoms with Gasteiger partial charge < -0.3 is 40.1 Å². The molecule has 0 radical (unpaired) electrons. The molecule has 45 heavy (non-hydrogen) atoms. The molecule has 7 N–H and O–H groups in total. The molecular formula is C32H56O12S. The van der Waals surface area contributed by atoms with Crippen LogP contribution < -0.4 is 0 Å². The van der Waals surface area contributed by atoms with Gasteiger partial charge in [-0.1, -0.05) is 34.6 Å². The molecule has 1 heterocycles. The first-order valence-corrected chi connectivity index (χ1v) is 18.2. The summed E-state index contributed by atoms with van der Waals surface area (Å²) in [5.74, 6) is -0.158. The van der Waals surface area contributed by atoms with Crippen LogP contribution in [0.15, 0.2) is 0 Å². The molecule has 5 aliphatic rings. The summed E-state index contributed by atoms with van der Waals surface area (Å²) in [5.41, 5.74) is -1.81. The van der Waals surface area contributed by atoms with Gasteiger partial charge in [-0.3, -0.25) is 4.55 Å². The van der Waals surface area contributed by atoms with Crippen LogP contribution in [0.4, 0.5) is 0 Å². The van der Waals surface area contributed by atoms with Crippen molar-refractivity contribution < 1.29 is 57.3 Å². The van der Waals surface area contributed by atoms with E-state index in [1.165, 1.54) is 0 Å². The predicted octanol–water partition coefficient (Wildman–Crippen LogP) is 1.79. The third-order valence-corrected chi connectivity index (χ3v) is 13.5. The van der Waals surface area contributed by atoms with E-state index in [0.717, 1.165) is 25.7 Å². The largest absolute Gasteiger partial charge is 0.397 e. The summed E-state index contributed by atoms with van der Waals surface area (Å²) in [5, 5.41) is 66.7. The highest BCUT2D eigenvalue weighted by Crippen LogP contribution is 2.69. The number of aliphatic hydroxyl groups excluding tert-OH is 5. The van der Waals surface area contributed by atoms with E-state index in [1.54, 1.807) is 0 Å². The Hall–Kier alpha value is -0.450. The minimum atomic E-state index is -4.74. The van der Waals surface area contributed by atoms with Crippen LogP contribution in [0.2, 0.25) is 0 Å². The van der Waals surface area contributed by atoms with Crippen LogP contribution in [0.3, 0.4) is 0 Å². The molecule has 12 nitrogen and oxygen atoms in total. The predicted molar refractivity (Wildman–Crippen MR) is 162 cm³/mol. The van der Waals surface area contributed by atoms with Crippen molar-refractivity contribution in [3.05, 3.63) is 0 Å². The third-order valence-electron chi connectivity index (χ3n) is 13.1.